The average molecular weight is 310 g/mol. The number of rotatable bonds is 4. The molecule has 0 aromatic carbocycles. The van der Waals surface area contributed by atoms with Crippen molar-refractivity contribution >= 4 is 11.9 Å². The van der Waals surface area contributed by atoms with E-state index in [2.05, 4.69) is 34.8 Å². The van der Waals surface area contributed by atoms with Gasteiger partial charge in [-0.2, -0.15) is 0 Å². The van der Waals surface area contributed by atoms with Crippen molar-refractivity contribution < 1.29 is 4.79 Å². The Morgan fingerprint density at radius 1 is 1.14 bits per heavy atom. The minimum atomic E-state index is -0.338. The Labute approximate surface area is 135 Å². The van der Waals surface area contributed by atoms with Gasteiger partial charge in [-0.1, -0.05) is 34.6 Å². The molecule has 0 aliphatic heterocycles. The monoisotopic (exact) mass is 310 g/mol. The number of carbonyl (C=O) groups excluding carboxylic acids is 1. The van der Waals surface area contributed by atoms with Crippen molar-refractivity contribution in [1.29, 1.82) is 0 Å². The maximum atomic E-state index is 11.8. The average Bonchev–Trinajstić information content (AvgIpc) is 2.42. The Kier molecular flexibility index (Phi) is 6.69. The van der Waals surface area contributed by atoms with Crippen molar-refractivity contribution in [3.05, 3.63) is 0 Å². The van der Waals surface area contributed by atoms with Crippen LogP contribution >= 0.6 is 0 Å². The second-order valence-electron chi connectivity index (χ2n) is 8.09. The number of hydrogen-bond donors (Lipinski definition) is 3. The van der Waals surface area contributed by atoms with E-state index in [9.17, 15) is 4.79 Å². The van der Waals surface area contributed by atoms with Crippen molar-refractivity contribution in [2.45, 2.75) is 66.3 Å². The van der Waals surface area contributed by atoms with Gasteiger partial charge < -0.3 is 16.0 Å². The summed E-state index contributed by atoms with van der Waals surface area (Å²) in [6.07, 6.45) is 4.88. The molecule has 22 heavy (non-hydrogen) atoms. The molecule has 0 heterocycles. The lowest BCUT2D eigenvalue weighted by atomic mass is 9.75. The summed E-state index contributed by atoms with van der Waals surface area (Å²) >= 11 is 0. The van der Waals surface area contributed by atoms with Crippen molar-refractivity contribution in [2.75, 3.05) is 20.1 Å². The molecular weight excluding hydrogens is 276 g/mol. The standard InChI is InChI=1S/C17H34N4O/c1-16(2,3)14(22)19-11-12-20-15(18-6)21-13-7-9-17(4,5)10-8-13/h13H,7-12H2,1-6H3,(H,19,22)(H2,18,20,21). The van der Waals surface area contributed by atoms with E-state index in [1.54, 1.807) is 7.05 Å². The predicted molar refractivity (Wildman–Crippen MR) is 93.0 cm³/mol. The van der Waals surface area contributed by atoms with Gasteiger partial charge in [-0.25, -0.2) is 0 Å². The van der Waals surface area contributed by atoms with Gasteiger partial charge in [0.25, 0.3) is 0 Å². The number of hydrogen-bond acceptors (Lipinski definition) is 2. The van der Waals surface area contributed by atoms with Gasteiger partial charge in [0, 0.05) is 31.6 Å². The molecule has 1 fully saturated rings. The Morgan fingerprint density at radius 2 is 1.68 bits per heavy atom. The van der Waals surface area contributed by atoms with E-state index in [4.69, 9.17) is 0 Å². The van der Waals surface area contributed by atoms with Gasteiger partial charge in [0.1, 0.15) is 0 Å². The fourth-order valence-corrected chi connectivity index (χ4v) is 2.55. The van der Waals surface area contributed by atoms with E-state index < -0.39 is 0 Å². The highest BCUT2D eigenvalue weighted by atomic mass is 16.2. The molecule has 1 rings (SSSR count). The zero-order valence-electron chi connectivity index (χ0n) is 15.2. The van der Waals surface area contributed by atoms with Gasteiger partial charge in [-0.15, -0.1) is 0 Å². The minimum Gasteiger partial charge on any atom is -0.355 e. The maximum Gasteiger partial charge on any atom is 0.225 e. The van der Waals surface area contributed by atoms with Crippen molar-refractivity contribution in [3.63, 3.8) is 0 Å². The van der Waals surface area contributed by atoms with Gasteiger partial charge in [-0.05, 0) is 31.1 Å². The van der Waals surface area contributed by atoms with Gasteiger partial charge >= 0.3 is 0 Å². The molecule has 1 saturated carbocycles. The van der Waals surface area contributed by atoms with Crippen molar-refractivity contribution in [1.82, 2.24) is 16.0 Å². The van der Waals surface area contributed by atoms with Crippen LogP contribution in [0.4, 0.5) is 0 Å². The SMILES string of the molecule is CN=C(NCCNC(=O)C(C)(C)C)NC1CCC(C)(C)CC1. The molecule has 1 aliphatic rings. The van der Waals surface area contributed by atoms with Crippen LogP contribution in [0.2, 0.25) is 0 Å². The number of carbonyl (C=O) groups is 1. The zero-order valence-corrected chi connectivity index (χ0v) is 15.2. The van der Waals surface area contributed by atoms with Gasteiger partial charge in [0.2, 0.25) is 5.91 Å². The highest BCUT2D eigenvalue weighted by molar-refractivity contribution is 5.82. The van der Waals surface area contributed by atoms with Crippen LogP contribution in [-0.2, 0) is 4.79 Å². The number of nitrogens with zero attached hydrogens (tertiary/aromatic N) is 1. The smallest absolute Gasteiger partial charge is 0.225 e. The predicted octanol–water partition coefficient (Wildman–Crippen LogP) is 2.28. The van der Waals surface area contributed by atoms with Gasteiger partial charge in [-0.3, -0.25) is 9.79 Å². The number of aliphatic imine (C=N–C) groups is 1. The Morgan fingerprint density at radius 3 is 2.18 bits per heavy atom. The summed E-state index contributed by atoms with van der Waals surface area (Å²) in [5.41, 5.74) is 0.140. The first-order valence-corrected chi connectivity index (χ1v) is 8.39. The molecule has 5 heteroatoms. The molecule has 3 N–H and O–H groups in total. The molecule has 0 bridgehead atoms. The highest BCUT2D eigenvalue weighted by Crippen LogP contribution is 2.34. The fourth-order valence-electron chi connectivity index (χ4n) is 2.55. The summed E-state index contributed by atoms with van der Waals surface area (Å²) in [5, 5.41) is 9.69. The number of nitrogens with one attached hydrogen (secondary N) is 3. The molecule has 5 nitrogen and oxygen atoms in total. The van der Waals surface area contributed by atoms with Crippen LogP contribution in [0.1, 0.15) is 60.3 Å². The molecule has 1 aliphatic carbocycles. The maximum absolute atomic E-state index is 11.8. The third-order valence-electron chi connectivity index (χ3n) is 4.29. The van der Waals surface area contributed by atoms with E-state index in [1.807, 2.05) is 20.8 Å². The van der Waals surface area contributed by atoms with Crippen molar-refractivity contribution in [2.24, 2.45) is 15.8 Å². The number of amides is 1. The molecule has 0 spiro atoms. The lowest BCUT2D eigenvalue weighted by Gasteiger charge is -2.35. The van der Waals surface area contributed by atoms with Gasteiger partial charge in [0.05, 0.1) is 0 Å². The van der Waals surface area contributed by atoms with Gasteiger partial charge in [0.15, 0.2) is 5.96 Å². The van der Waals surface area contributed by atoms with E-state index in [1.165, 1.54) is 25.7 Å². The molecule has 1 amide bonds. The van der Waals surface area contributed by atoms with Crippen LogP contribution in [0.3, 0.4) is 0 Å². The normalized spacial score (nSPS) is 19.6. The Bertz CT molecular complexity index is 386. The molecule has 0 aromatic heterocycles. The van der Waals surface area contributed by atoms with E-state index >= 15 is 0 Å². The first kappa shape index (κ1) is 18.8. The van der Waals surface area contributed by atoms with Crippen molar-refractivity contribution in [3.8, 4) is 0 Å². The third-order valence-corrected chi connectivity index (χ3v) is 4.29. The van der Waals surface area contributed by atoms with Crippen LogP contribution in [-0.4, -0.2) is 38.0 Å². The topological polar surface area (TPSA) is 65.5 Å². The summed E-state index contributed by atoms with van der Waals surface area (Å²) in [4.78, 5) is 16.0. The summed E-state index contributed by atoms with van der Waals surface area (Å²) in [6.45, 7) is 11.7. The van der Waals surface area contributed by atoms with E-state index in [-0.39, 0.29) is 11.3 Å². The third kappa shape index (κ3) is 6.67. The Hall–Kier alpha value is -1.26. The van der Waals surface area contributed by atoms with E-state index in [0.29, 0.717) is 24.5 Å². The minimum absolute atomic E-state index is 0.0757. The van der Waals surface area contributed by atoms with Crippen LogP contribution in [0.5, 0.6) is 0 Å². The molecule has 0 saturated heterocycles. The first-order chi connectivity index (χ1) is 10.1. The Balaban J connectivity index is 2.25. The lowest BCUT2D eigenvalue weighted by Crippen LogP contribution is -2.47. The molecule has 0 atom stereocenters. The van der Waals surface area contributed by atoms with E-state index in [0.717, 1.165) is 5.96 Å². The molecule has 0 unspecified atom stereocenters. The lowest BCUT2D eigenvalue weighted by molar-refractivity contribution is -0.128. The molecule has 0 aromatic rings. The quantitative estimate of drug-likeness (QED) is 0.424. The molecular formula is C17H34N4O. The summed E-state index contributed by atoms with van der Waals surface area (Å²) in [6, 6.07) is 0.503. The fraction of sp³-hybridized carbons (Fsp3) is 0.882. The highest BCUT2D eigenvalue weighted by Gasteiger charge is 2.27. The summed E-state index contributed by atoms with van der Waals surface area (Å²) in [7, 11) is 1.79. The largest absolute Gasteiger partial charge is 0.355 e. The van der Waals surface area contributed by atoms with Crippen LogP contribution in [0, 0.1) is 10.8 Å². The number of guanidine groups is 1. The van der Waals surface area contributed by atoms with Crippen LogP contribution < -0.4 is 16.0 Å². The summed E-state index contributed by atoms with van der Waals surface area (Å²) in [5.74, 6) is 0.904. The summed E-state index contributed by atoms with van der Waals surface area (Å²) < 4.78 is 0. The van der Waals surface area contributed by atoms with Crippen LogP contribution in [0.25, 0.3) is 0 Å². The molecule has 0 radical (unpaired) electrons. The zero-order chi connectivity index (χ0) is 16.8. The second kappa shape index (κ2) is 7.84. The first-order valence-electron chi connectivity index (χ1n) is 8.39. The van der Waals surface area contributed by atoms with Crippen LogP contribution in [0.15, 0.2) is 4.99 Å². The second-order valence-corrected chi connectivity index (χ2v) is 8.09. The molecule has 128 valence electrons.